The van der Waals surface area contributed by atoms with Crippen LogP contribution in [0, 0.1) is 10.1 Å². The molecule has 0 aromatic heterocycles. The lowest BCUT2D eigenvalue weighted by atomic mass is 10.0. The molecule has 1 aliphatic heterocycles. The summed E-state index contributed by atoms with van der Waals surface area (Å²) in [7, 11) is 0. The molecule has 1 heterocycles. The van der Waals surface area contributed by atoms with E-state index in [1.165, 1.54) is 12.1 Å². The van der Waals surface area contributed by atoms with E-state index >= 15 is 0 Å². The average Bonchev–Trinajstić information content (AvgIpc) is 2.62. The van der Waals surface area contributed by atoms with Crippen molar-refractivity contribution in [3.63, 3.8) is 0 Å². The molecule has 118 valence electrons. The van der Waals surface area contributed by atoms with Gasteiger partial charge in [-0.2, -0.15) is 0 Å². The summed E-state index contributed by atoms with van der Waals surface area (Å²) in [5.74, 6) is -0.200. The van der Waals surface area contributed by atoms with Crippen LogP contribution in [0.4, 0.5) is 5.69 Å². The van der Waals surface area contributed by atoms with Crippen molar-refractivity contribution in [1.82, 2.24) is 4.90 Å². The van der Waals surface area contributed by atoms with Gasteiger partial charge in [0, 0.05) is 30.8 Å². The quantitative estimate of drug-likeness (QED) is 0.645. The highest BCUT2D eigenvalue weighted by atomic mass is 16.6. The highest BCUT2D eigenvalue weighted by Gasteiger charge is 2.21. The van der Waals surface area contributed by atoms with Crippen LogP contribution in [0.5, 0.6) is 0 Å². The van der Waals surface area contributed by atoms with Crippen molar-refractivity contribution < 1.29 is 14.5 Å². The maximum Gasteiger partial charge on any atom is 0.270 e. The number of morpholine rings is 1. The molecule has 3 rings (SSSR count). The summed E-state index contributed by atoms with van der Waals surface area (Å²) in [6.07, 6.45) is 0. The number of nitro groups is 1. The standard InChI is InChI=1S/C17H16N2O4/c20-17(18-6-8-23-9-7-18)15-10-14(11-16(12-15)19(21)22)13-4-2-1-3-5-13/h1-5,10-12H,6-9H2. The molecule has 0 radical (unpaired) electrons. The van der Waals surface area contributed by atoms with Crippen molar-refractivity contribution in [2.45, 2.75) is 0 Å². The SMILES string of the molecule is O=C(c1cc(-c2ccccc2)cc([N+](=O)[O-])c1)N1CCOCC1. The van der Waals surface area contributed by atoms with E-state index in [-0.39, 0.29) is 11.6 Å². The fraction of sp³-hybridized carbons (Fsp3) is 0.235. The zero-order valence-electron chi connectivity index (χ0n) is 12.5. The van der Waals surface area contributed by atoms with E-state index in [9.17, 15) is 14.9 Å². The highest BCUT2D eigenvalue weighted by Crippen LogP contribution is 2.26. The molecule has 0 N–H and O–H groups in total. The van der Waals surface area contributed by atoms with E-state index in [0.29, 0.717) is 37.4 Å². The van der Waals surface area contributed by atoms with Crippen LogP contribution in [0.2, 0.25) is 0 Å². The van der Waals surface area contributed by atoms with Gasteiger partial charge in [0.2, 0.25) is 0 Å². The normalized spacial score (nSPS) is 14.5. The Hall–Kier alpha value is -2.73. The number of benzene rings is 2. The van der Waals surface area contributed by atoms with Crippen LogP contribution in [-0.2, 0) is 4.74 Å². The van der Waals surface area contributed by atoms with Gasteiger partial charge in [-0.1, -0.05) is 30.3 Å². The van der Waals surface area contributed by atoms with Gasteiger partial charge in [-0.15, -0.1) is 0 Å². The van der Waals surface area contributed by atoms with Crippen LogP contribution in [0.1, 0.15) is 10.4 Å². The molecule has 0 aliphatic carbocycles. The first kappa shape index (κ1) is 15.2. The predicted octanol–water partition coefficient (Wildman–Crippen LogP) is 2.73. The molecule has 1 saturated heterocycles. The summed E-state index contributed by atoms with van der Waals surface area (Å²) in [6, 6.07) is 13.9. The molecule has 0 unspecified atom stereocenters. The fourth-order valence-corrected chi connectivity index (χ4v) is 2.59. The third kappa shape index (κ3) is 3.37. The summed E-state index contributed by atoms with van der Waals surface area (Å²) >= 11 is 0. The number of ether oxygens (including phenoxy) is 1. The number of hydrogen-bond donors (Lipinski definition) is 0. The van der Waals surface area contributed by atoms with Crippen LogP contribution in [0.25, 0.3) is 11.1 Å². The molecule has 2 aromatic carbocycles. The molecule has 0 bridgehead atoms. The van der Waals surface area contributed by atoms with Gasteiger partial charge in [-0.25, -0.2) is 0 Å². The first-order chi connectivity index (χ1) is 11.1. The Labute approximate surface area is 133 Å². The summed E-state index contributed by atoms with van der Waals surface area (Å²) in [5.41, 5.74) is 1.76. The Bertz CT molecular complexity index is 725. The molecule has 6 heteroatoms. The number of hydrogen-bond acceptors (Lipinski definition) is 4. The fourth-order valence-electron chi connectivity index (χ4n) is 2.59. The minimum absolute atomic E-state index is 0.0806. The van der Waals surface area contributed by atoms with E-state index in [1.54, 1.807) is 11.0 Å². The maximum atomic E-state index is 12.6. The first-order valence-electron chi connectivity index (χ1n) is 7.37. The zero-order chi connectivity index (χ0) is 16.2. The van der Waals surface area contributed by atoms with E-state index in [4.69, 9.17) is 4.74 Å². The minimum Gasteiger partial charge on any atom is -0.378 e. The summed E-state index contributed by atoms with van der Waals surface area (Å²) in [4.78, 5) is 25.0. The first-order valence-corrected chi connectivity index (χ1v) is 7.37. The van der Waals surface area contributed by atoms with Crippen LogP contribution in [0.15, 0.2) is 48.5 Å². The lowest BCUT2D eigenvalue weighted by molar-refractivity contribution is -0.384. The van der Waals surface area contributed by atoms with Crippen molar-refractivity contribution >= 4 is 11.6 Å². The smallest absolute Gasteiger partial charge is 0.270 e. The Morgan fingerprint density at radius 1 is 1.04 bits per heavy atom. The van der Waals surface area contributed by atoms with Gasteiger partial charge >= 0.3 is 0 Å². The molecular weight excluding hydrogens is 296 g/mol. The van der Waals surface area contributed by atoms with E-state index < -0.39 is 4.92 Å². The van der Waals surface area contributed by atoms with E-state index in [1.807, 2.05) is 30.3 Å². The van der Waals surface area contributed by atoms with Gasteiger partial charge in [0.05, 0.1) is 18.1 Å². The van der Waals surface area contributed by atoms with Crippen LogP contribution < -0.4 is 0 Å². The third-order valence-corrected chi connectivity index (χ3v) is 3.78. The molecular formula is C17H16N2O4. The Morgan fingerprint density at radius 2 is 1.74 bits per heavy atom. The Kier molecular flexibility index (Phi) is 4.34. The monoisotopic (exact) mass is 312 g/mol. The van der Waals surface area contributed by atoms with Crippen molar-refractivity contribution in [3.8, 4) is 11.1 Å². The van der Waals surface area contributed by atoms with Crippen LogP contribution in [0.3, 0.4) is 0 Å². The topological polar surface area (TPSA) is 72.7 Å². The molecule has 1 amide bonds. The van der Waals surface area contributed by atoms with Gasteiger partial charge in [0.25, 0.3) is 11.6 Å². The van der Waals surface area contributed by atoms with Gasteiger partial charge in [-0.3, -0.25) is 14.9 Å². The van der Waals surface area contributed by atoms with Crippen molar-refractivity contribution in [3.05, 3.63) is 64.2 Å². The second-order valence-electron chi connectivity index (χ2n) is 5.30. The second kappa shape index (κ2) is 6.58. The van der Waals surface area contributed by atoms with Gasteiger partial charge in [0.15, 0.2) is 0 Å². The van der Waals surface area contributed by atoms with Crippen molar-refractivity contribution in [2.75, 3.05) is 26.3 Å². The van der Waals surface area contributed by atoms with Gasteiger partial charge in [-0.05, 0) is 17.2 Å². The molecule has 6 nitrogen and oxygen atoms in total. The lowest BCUT2D eigenvalue weighted by Crippen LogP contribution is -2.40. The Balaban J connectivity index is 2.00. The minimum atomic E-state index is -0.470. The van der Waals surface area contributed by atoms with Crippen molar-refractivity contribution in [2.24, 2.45) is 0 Å². The zero-order valence-corrected chi connectivity index (χ0v) is 12.5. The van der Waals surface area contributed by atoms with Crippen molar-refractivity contribution in [1.29, 1.82) is 0 Å². The molecule has 23 heavy (non-hydrogen) atoms. The van der Waals surface area contributed by atoms with Crippen LogP contribution >= 0.6 is 0 Å². The summed E-state index contributed by atoms with van der Waals surface area (Å²) < 4.78 is 5.24. The third-order valence-electron chi connectivity index (χ3n) is 3.78. The molecule has 0 saturated carbocycles. The molecule has 0 atom stereocenters. The number of carbonyl (C=O) groups excluding carboxylic acids is 1. The van der Waals surface area contributed by atoms with Gasteiger partial charge < -0.3 is 9.64 Å². The number of nitrogens with zero attached hydrogens (tertiary/aromatic N) is 2. The van der Waals surface area contributed by atoms with E-state index in [2.05, 4.69) is 0 Å². The number of carbonyl (C=O) groups is 1. The summed E-state index contributed by atoms with van der Waals surface area (Å²) in [5, 5.41) is 11.2. The number of amides is 1. The highest BCUT2D eigenvalue weighted by molar-refractivity contribution is 5.96. The van der Waals surface area contributed by atoms with Gasteiger partial charge in [0.1, 0.15) is 0 Å². The van der Waals surface area contributed by atoms with Crippen LogP contribution in [-0.4, -0.2) is 42.0 Å². The predicted molar refractivity (Wildman–Crippen MR) is 85.3 cm³/mol. The lowest BCUT2D eigenvalue weighted by Gasteiger charge is -2.27. The summed E-state index contributed by atoms with van der Waals surface area (Å²) in [6.45, 7) is 1.99. The number of non-ortho nitro benzene ring substituents is 1. The largest absolute Gasteiger partial charge is 0.378 e. The molecule has 1 fully saturated rings. The molecule has 0 spiro atoms. The molecule has 1 aliphatic rings. The molecule has 2 aromatic rings. The number of nitro benzene ring substituents is 1. The van der Waals surface area contributed by atoms with E-state index in [0.717, 1.165) is 5.56 Å². The average molecular weight is 312 g/mol. The second-order valence-corrected chi connectivity index (χ2v) is 5.30. The Morgan fingerprint density at radius 3 is 2.39 bits per heavy atom. The number of rotatable bonds is 3. The maximum absolute atomic E-state index is 12.6.